The maximum absolute atomic E-state index is 6.09. The summed E-state index contributed by atoms with van der Waals surface area (Å²) in [6.45, 7) is 2.31. The number of nitrogens with zero attached hydrogens (tertiary/aromatic N) is 2. The zero-order valence-corrected chi connectivity index (χ0v) is 14.9. The third-order valence-corrected chi connectivity index (χ3v) is 5.82. The van der Waals surface area contributed by atoms with Crippen LogP contribution in [0, 0.1) is 5.92 Å². The first-order valence-corrected chi connectivity index (χ1v) is 9.16. The van der Waals surface area contributed by atoms with Gasteiger partial charge in [0, 0.05) is 20.6 Å². The van der Waals surface area contributed by atoms with Gasteiger partial charge in [-0.2, -0.15) is 0 Å². The summed E-state index contributed by atoms with van der Waals surface area (Å²) in [6, 6.07) is 5.42. The van der Waals surface area contributed by atoms with Crippen LogP contribution in [-0.4, -0.2) is 9.97 Å². The van der Waals surface area contributed by atoms with Gasteiger partial charge in [0.25, 0.3) is 0 Å². The van der Waals surface area contributed by atoms with E-state index in [9.17, 15) is 0 Å². The van der Waals surface area contributed by atoms with Crippen molar-refractivity contribution in [1.82, 2.24) is 9.97 Å². The number of thiophene rings is 1. The molecule has 0 aliphatic heterocycles. The van der Waals surface area contributed by atoms with Crippen molar-refractivity contribution in [2.24, 2.45) is 5.92 Å². The Balaban J connectivity index is 1.81. The summed E-state index contributed by atoms with van der Waals surface area (Å²) in [5.41, 5.74) is 2.24. The first kappa shape index (κ1) is 15.2. The highest BCUT2D eigenvalue weighted by Gasteiger charge is 2.23. The van der Waals surface area contributed by atoms with Crippen LogP contribution in [0.15, 0.2) is 24.5 Å². The van der Waals surface area contributed by atoms with Crippen molar-refractivity contribution in [2.45, 2.75) is 26.2 Å². The molecule has 0 spiro atoms. The average Bonchev–Trinajstić information content (AvgIpc) is 2.84. The van der Waals surface area contributed by atoms with Crippen molar-refractivity contribution >= 4 is 56.3 Å². The van der Waals surface area contributed by atoms with Gasteiger partial charge in [0.05, 0.1) is 5.39 Å². The van der Waals surface area contributed by atoms with E-state index in [1.807, 2.05) is 12.1 Å². The van der Waals surface area contributed by atoms with Crippen LogP contribution in [0.1, 0.15) is 23.8 Å². The number of halogens is 2. The molecule has 1 aromatic carbocycles. The third kappa shape index (κ3) is 2.91. The van der Waals surface area contributed by atoms with Gasteiger partial charge < -0.3 is 5.32 Å². The quantitative estimate of drug-likeness (QED) is 0.618. The highest BCUT2D eigenvalue weighted by atomic mass is 35.5. The number of aryl methyl sites for hydroxylation is 1. The summed E-state index contributed by atoms with van der Waals surface area (Å²) < 4.78 is 0. The zero-order valence-electron chi connectivity index (χ0n) is 12.6. The summed E-state index contributed by atoms with van der Waals surface area (Å²) in [6.07, 6.45) is 5.06. The summed E-state index contributed by atoms with van der Waals surface area (Å²) in [5, 5.41) is 5.72. The Morgan fingerprint density at radius 2 is 1.96 bits per heavy atom. The van der Waals surface area contributed by atoms with Gasteiger partial charge in [-0.15, -0.1) is 11.3 Å². The predicted molar refractivity (Wildman–Crippen MR) is 98.3 cm³/mol. The van der Waals surface area contributed by atoms with Crippen molar-refractivity contribution < 1.29 is 0 Å². The lowest BCUT2D eigenvalue weighted by molar-refractivity contribution is 0.509. The third-order valence-electron chi connectivity index (χ3n) is 4.22. The number of fused-ring (bicyclic) bond motifs is 3. The number of aromatic nitrogens is 2. The minimum Gasteiger partial charge on any atom is -0.339 e. The molecule has 0 saturated carbocycles. The molecule has 2 heterocycles. The maximum Gasteiger partial charge on any atom is 0.142 e. The van der Waals surface area contributed by atoms with Gasteiger partial charge in [0.2, 0.25) is 0 Å². The molecule has 3 aromatic rings. The van der Waals surface area contributed by atoms with Crippen molar-refractivity contribution in [3.05, 3.63) is 45.0 Å². The molecule has 1 N–H and O–H groups in total. The molecule has 1 atom stereocenters. The number of rotatable bonds is 2. The SMILES string of the molecule is CC1CCc2c(sc3ncnc(Nc4cc(Cl)cc(Cl)c4)c23)C1. The number of nitrogens with one attached hydrogen (secondary N) is 1. The molecule has 3 nitrogen and oxygen atoms in total. The minimum atomic E-state index is 0.603. The van der Waals surface area contributed by atoms with Gasteiger partial charge in [-0.05, 0) is 48.9 Å². The topological polar surface area (TPSA) is 37.8 Å². The lowest BCUT2D eigenvalue weighted by atomic mass is 9.89. The van der Waals surface area contributed by atoms with Crippen LogP contribution in [0.3, 0.4) is 0 Å². The monoisotopic (exact) mass is 363 g/mol. The molecular weight excluding hydrogens is 349 g/mol. The molecule has 1 aliphatic rings. The highest BCUT2D eigenvalue weighted by Crippen LogP contribution is 2.40. The molecule has 0 amide bonds. The van der Waals surface area contributed by atoms with E-state index in [1.165, 1.54) is 16.9 Å². The average molecular weight is 364 g/mol. The molecule has 23 heavy (non-hydrogen) atoms. The van der Waals surface area contributed by atoms with Crippen LogP contribution in [-0.2, 0) is 12.8 Å². The van der Waals surface area contributed by atoms with E-state index in [0.717, 1.165) is 40.5 Å². The van der Waals surface area contributed by atoms with Gasteiger partial charge in [-0.3, -0.25) is 0 Å². The normalized spacial score (nSPS) is 17.3. The fourth-order valence-corrected chi connectivity index (χ4v) is 5.01. The molecule has 2 aromatic heterocycles. The van der Waals surface area contributed by atoms with E-state index in [4.69, 9.17) is 23.2 Å². The molecule has 0 radical (unpaired) electrons. The van der Waals surface area contributed by atoms with Gasteiger partial charge in [-0.25, -0.2) is 9.97 Å². The Kier molecular flexibility index (Phi) is 3.92. The van der Waals surface area contributed by atoms with Crippen LogP contribution in [0.25, 0.3) is 10.2 Å². The number of anilines is 2. The zero-order chi connectivity index (χ0) is 16.0. The molecule has 0 bridgehead atoms. The van der Waals surface area contributed by atoms with E-state index in [1.54, 1.807) is 23.7 Å². The first-order valence-electron chi connectivity index (χ1n) is 7.58. The fraction of sp³-hybridized carbons (Fsp3) is 0.294. The summed E-state index contributed by atoms with van der Waals surface area (Å²) in [4.78, 5) is 11.4. The Morgan fingerprint density at radius 1 is 1.17 bits per heavy atom. The Morgan fingerprint density at radius 3 is 2.74 bits per heavy atom. The smallest absolute Gasteiger partial charge is 0.142 e. The number of benzene rings is 1. The van der Waals surface area contributed by atoms with Crippen molar-refractivity contribution in [1.29, 1.82) is 0 Å². The maximum atomic E-state index is 6.09. The highest BCUT2D eigenvalue weighted by molar-refractivity contribution is 7.19. The summed E-state index contributed by atoms with van der Waals surface area (Å²) in [5.74, 6) is 1.58. The van der Waals surface area contributed by atoms with Crippen LogP contribution in [0.4, 0.5) is 11.5 Å². The van der Waals surface area contributed by atoms with Gasteiger partial charge in [0.1, 0.15) is 17.0 Å². The Labute approximate surface area is 148 Å². The van der Waals surface area contributed by atoms with E-state index in [2.05, 4.69) is 22.2 Å². The van der Waals surface area contributed by atoms with Crippen LogP contribution >= 0.6 is 34.5 Å². The Hall–Kier alpha value is -1.36. The molecule has 4 rings (SSSR count). The van der Waals surface area contributed by atoms with Crippen molar-refractivity contribution in [3.8, 4) is 0 Å². The number of hydrogen-bond acceptors (Lipinski definition) is 4. The molecule has 0 saturated heterocycles. The standard InChI is InChI=1S/C17H15Cl2N3S/c1-9-2-3-13-14(4-9)23-17-15(13)16(20-8-21-17)22-12-6-10(18)5-11(19)7-12/h5-9H,2-4H2,1H3,(H,20,21,22). The van der Waals surface area contributed by atoms with E-state index < -0.39 is 0 Å². The summed E-state index contributed by atoms with van der Waals surface area (Å²) >= 11 is 14.0. The minimum absolute atomic E-state index is 0.603. The molecule has 1 aliphatic carbocycles. The van der Waals surface area contributed by atoms with E-state index in [0.29, 0.717) is 10.0 Å². The summed E-state index contributed by atoms with van der Waals surface area (Å²) in [7, 11) is 0. The molecule has 0 fully saturated rings. The van der Waals surface area contributed by atoms with Crippen molar-refractivity contribution in [3.63, 3.8) is 0 Å². The van der Waals surface area contributed by atoms with Gasteiger partial charge >= 0.3 is 0 Å². The second-order valence-electron chi connectivity index (χ2n) is 6.04. The molecular formula is C17H15Cl2N3S. The predicted octanol–water partition coefficient (Wildman–Crippen LogP) is 5.87. The lowest BCUT2D eigenvalue weighted by Gasteiger charge is -2.18. The van der Waals surface area contributed by atoms with Crippen LogP contribution in [0.5, 0.6) is 0 Å². The second kappa shape index (κ2) is 5.93. The van der Waals surface area contributed by atoms with E-state index in [-0.39, 0.29) is 0 Å². The second-order valence-corrected chi connectivity index (χ2v) is 7.99. The first-order chi connectivity index (χ1) is 11.1. The van der Waals surface area contributed by atoms with Crippen LogP contribution in [0.2, 0.25) is 10.0 Å². The fourth-order valence-electron chi connectivity index (χ4n) is 3.13. The molecule has 6 heteroatoms. The Bertz CT molecular complexity index is 871. The van der Waals surface area contributed by atoms with Gasteiger partial charge in [-0.1, -0.05) is 30.1 Å². The van der Waals surface area contributed by atoms with E-state index >= 15 is 0 Å². The number of hydrogen-bond donors (Lipinski definition) is 1. The van der Waals surface area contributed by atoms with Crippen molar-refractivity contribution in [2.75, 3.05) is 5.32 Å². The van der Waals surface area contributed by atoms with Gasteiger partial charge in [0.15, 0.2) is 0 Å². The van der Waals surface area contributed by atoms with Crippen LogP contribution < -0.4 is 5.32 Å². The molecule has 1 unspecified atom stereocenters. The molecule has 118 valence electrons. The lowest BCUT2D eigenvalue weighted by Crippen LogP contribution is -2.09. The largest absolute Gasteiger partial charge is 0.339 e.